The second kappa shape index (κ2) is 7.40. The van der Waals surface area contributed by atoms with E-state index in [0.29, 0.717) is 35.3 Å². The molecule has 26 heavy (non-hydrogen) atoms. The van der Waals surface area contributed by atoms with E-state index in [-0.39, 0.29) is 29.9 Å². The zero-order valence-electron chi connectivity index (χ0n) is 14.7. The van der Waals surface area contributed by atoms with Crippen LogP contribution in [0.15, 0.2) is 28.7 Å². The monoisotopic (exact) mass is 396 g/mol. The lowest BCUT2D eigenvalue weighted by Crippen LogP contribution is -2.41. The molecule has 0 N–H and O–H groups in total. The van der Waals surface area contributed by atoms with Gasteiger partial charge in [0, 0.05) is 23.2 Å². The maximum Gasteiger partial charge on any atom is 0.228 e. The Morgan fingerprint density at radius 2 is 2.04 bits per heavy atom. The second-order valence-electron chi connectivity index (χ2n) is 6.44. The fourth-order valence-electron chi connectivity index (χ4n) is 3.21. The summed E-state index contributed by atoms with van der Waals surface area (Å²) in [6.45, 7) is 4.10. The standard InChI is InChI=1S/C18H21ClN2O4S/c1-3-21(15-8-9-26(23,24)11-15)17(22)10-16-12(2)25-18(20-16)13-4-6-14(19)7-5-13/h4-7,15H,3,8-11H2,1-2H3. The van der Waals surface area contributed by atoms with Crippen molar-refractivity contribution in [3.63, 3.8) is 0 Å². The van der Waals surface area contributed by atoms with Crippen LogP contribution >= 0.6 is 11.6 Å². The molecule has 140 valence electrons. The van der Waals surface area contributed by atoms with Gasteiger partial charge in [-0.05, 0) is 44.5 Å². The van der Waals surface area contributed by atoms with E-state index < -0.39 is 9.84 Å². The van der Waals surface area contributed by atoms with Crippen LogP contribution in [0.3, 0.4) is 0 Å². The molecule has 6 nitrogen and oxygen atoms in total. The molecule has 2 aromatic rings. The Balaban J connectivity index is 1.75. The smallest absolute Gasteiger partial charge is 0.228 e. The average Bonchev–Trinajstić information content (AvgIpc) is 3.12. The normalized spacial score (nSPS) is 18.8. The molecule has 8 heteroatoms. The molecule has 0 radical (unpaired) electrons. The van der Waals surface area contributed by atoms with Gasteiger partial charge >= 0.3 is 0 Å². The summed E-state index contributed by atoms with van der Waals surface area (Å²) in [7, 11) is -3.04. The number of aromatic nitrogens is 1. The number of halogens is 1. The molecule has 1 aromatic carbocycles. The molecular weight excluding hydrogens is 376 g/mol. The lowest BCUT2D eigenvalue weighted by Gasteiger charge is -2.26. The minimum absolute atomic E-state index is 0.0421. The van der Waals surface area contributed by atoms with E-state index in [1.807, 2.05) is 6.92 Å². The van der Waals surface area contributed by atoms with Crippen LogP contribution in [-0.2, 0) is 21.1 Å². The van der Waals surface area contributed by atoms with Gasteiger partial charge in [0.05, 0.1) is 23.6 Å². The fourth-order valence-corrected chi connectivity index (χ4v) is 5.07. The van der Waals surface area contributed by atoms with Gasteiger partial charge in [-0.15, -0.1) is 0 Å². The van der Waals surface area contributed by atoms with Crippen molar-refractivity contribution < 1.29 is 17.6 Å². The molecule has 1 fully saturated rings. The molecule has 1 aliphatic heterocycles. The highest BCUT2D eigenvalue weighted by Gasteiger charge is 2.34. The van der Waals surface area contributed by atoms with Crippen molar-refractivity contribution in [1.29, 1.82) is 0 Å². The number of benzene rings is 1. The summed E-state index contributed by atoms with van der Waals surface area (Å²) in [5.41, 5.74) is 1.35. The van der Waals surface area contributed by atoms with Gasteiger partial charge in [-0.2, -0.15) is 0 Å². The van der Waals surface area contributed by atoms with Crippen LogP contribution in [0, 0.1) is 6.92 Å². The van der Waals surface area contributed by atoms with Crippen molar-refractivity contribution in [3.8, 4) is 11.5 Å². The van der Waals surface area contributed by atoms with Crippen LogP contribution in [0.4, 0.5) is 0 Å². The largest absolute Gasteiger partial charge is 0.441 e. The van der Waals surface area contributed by atoms with E-state index in [9.17, 15) is 13.2 Å². The van der Waals surface area contributed by atoms with Crippen molar-refractivity contribution in [1.82, 2.24) is 9.88 Å². The summed E-state index contributed by atoms with van der Waals surface area (Å²) >= 11 is 5.89. The van der Waals surface area contributed by atoms with E-state index in [1.54, 1.807) is 36.1 Å². The van der Waals surface area contributed by atoms with Crippen LogP contribution < -0.4 is 0 Å². The third kappa shape index (κ3) is 4.10. The molecule has 0 aliphatic carbocycles. The Bertz CT molecular complexity index is 906. The van der Waals surface area contributed by atoms with E-state index >= 15 is 0 Å². The van der Waals surface area contributed by atoms with Gasteiger partial charge in [0.25, 0.3) is 0 Å². The predicted octanol–water partition coefficient (Wildman–Crippen LogP) is 2.88. The molecule has 3 rings (SSSR count). The minimum atomic E-state index is -3.04. The Labute approximate surface area is 158 Å². The maximum absolute atomic E-state index is 12.7. The molecule has 1 saturated heterocycles. The molecule has 1 unspecified atom stereocenters. The molecule has 2 heterocycles. The number of hydrogen-bond donors (Lipinski definition) is 0. The van der Waals surface area contributed by atoms with Crippen molar-refractivity contribution >= 4 is 27.3 Å². The second-order valence-corrected chi connectivity index (χ2v) is 9.11. The highest BCUT2D eigenvalue weighted by atomic mass is 35.5. The molecule has 1 amide bonds. The van der Waals surface area contributed by atoms with Crippen LogP contribution in [0.5, 0.6) is 0 Å². The summed E-state index contributed by atoms with van der Waals surface area (Å²) < 4.78 is 29.1. The molecular formula is C18H21ClN2O4S. The Morgan fingerprint density at radius 3 is 2.62 bits per heavy atom. The molecule has 0 saturated carbocycles. The van der Waals surface area contributed by atoms with Gasteiger partial charge in [0.2, 0.25) is 11.8 Å². The maximum atomic E-state index is 12.7. The van der Waals surface area contributed by atoms with Gasteiger partial charge in [0.15, 0.2) is 9.84 Å². The first-order valence-electron chi connectivity index (χ1n) is 8.51. The number of hydrogen-bond acceptors (Lipinski definition) is 5. The number of nitrogens with zero attached hydrogens (tertiary/aromatic N) is 2. The first kappa shape index (κ1) is 18.9. The van der Waals surface area contributed by atoms with Gasteiger partial charge in [-0.1, -0.05) is 11.6 Å². The van der Waals surface area contributed by atoms with Gasteiger partial charge in [0.1, 0.15) is 5.76 Å². The number of oxazole rings is 1. The number of rotatable bonds is 5. The number of likely N-dealkylation sites (N-methyl/N-ethyl adjacent to an activating group) is 1. The Hall–Kier alpha value is -1.86. The van der Waals surface area contributed by atoms with Gasteiger partial charge in [-0.3, -0.25) is 4.79 Å². The highest BCUT2D eigenvalue weighted by molar-refractivity contribution is 7.91. The molecule has 1 aromatic heterocycles. The number of sulfone groups is 1. The molecule has 1 atom stereocenters. The summed E-state index contributed by atoms with van der Waals surface area (Å²) in [5.74, 6) is 1.08. The predicted molar refractivity (Wildman–Crippen MR) is 99.8 cm³/mol. The lowest BCUT2D eigenvalue weighted by molar-refractivity contribution is -0.132. The fraction of sp³-hybridized carbons (Fsp3) is 0.444. The van der Waals surface area contributed by atoms with E-state index in [1.165, 1.54) is 0 Å². The van der Waals surface area contributed by atoms with Crippen molar-refractivity contribution in [2.45, 2.75) is 32.7 Å². The lowest BCUT2D eigenvalue weighted by atomic mass is 10.1. The number of carbonyl (C=O) groups excluding carboxylic acids is 1. The van der Waals surface area contributed by atoms with Gasteiger partial charge in [-0.25, -0.2) is 13.4 Å². The summed E-state index contributed by atoms with van der Waals surface area (Å²) in [6, 6.07) is 6.86. The van der Waals surface area contributed by atoms with Crippen LogP contribution in [-0.4, -0.2) is 48.3 Å². The average molecular weight is 397 g/mol. The topological polar surface area (TPSA) is 80.5 Å². The van der Waals surface area contributed by atoms with E-state index in [4.69, 9.17) is 16.0 Å². The third-order valence-corrected chi connectivity index (χ3v) is 6.62. The minimum Gasteiger partial charge on any atom is -0.441 e. The SMILES string of the molecule is CCN(C(=O)Cc1nc(-c2ccc(Cl)cc2)oc1C)C1CCS(=O)(=O)C1. The number of aryl methyl sites for hydroxylation is 1. The van der Waals surface area contributed by atoms with Crippen molar-refractivity contribution in [3.05, 3.63) is 40.7 Å². The van der Waals surface area contributed by atoms with Crippen LogP contribution in [0.2, 0.25) is 5.02 Å². The Morgan fingerprint density at radius 1 is 1.35 bits per heavy atom. The highest BCUT2D eigenvalue weighted by Crippen LogP contribution is 2.24. The van der Waals surface area contributed by atoms with Crippen LogP contribution in [0.25, 0.3) is 11.5 Å². The van der Waals surface area contributed by atoms with Crippen LogP contribution in [0.1, 0.15) is 24.8 Å². The van der Waals surface area contributed by atoms with E-state index in [2.05, 4.69) is 4.98 Å². The first-order valence-corrected chi connectivity index (χ1v) is 10.7. The number of carbonyl (C=O) groups is 1. The summed E-state index contributed by atoms with van der Waals surface area (Å²) in [6.07, 6.45) is 0.586. The third-order valence-electron chi connectivity index (χ3n) is 4.61. The Kier molecular flexibility index (Phi) is 5.39. The summed E-state index contributed by atoms with van der Waals surface area (Å²) in [5, 5.41) is 0.623. The molecule has 0 bridgehead atoms. The first-order chi connectivity index (χ1) is 12.3. The van der Waals surface area contributed by atoms with Crippen molar-refractivity contribution in [2.24, 2.45) is 0 Å². The molecule has 1 aliphatic rings. The summed E-state index contributed by atoms with van der Waals surface area (Å²) in [4.78, 5) is 18.8. The van der Waals surface area contributed by atoms with E-state index in [0.717, 1.165) is 5.56 Å². The zero-order chi connectivity index (χ0) is 18.9. The quantitative estimate of drug-likeness (QED) is 0.776. The number of amides is 1. The van der Waals surface area contributed by atoms with Gasteiger partial charge < -0.3 is 9.32 Å². The zero-order valence-corrected chi connectivity index (χ0v) is 16.3. The molecule has 0 spiro atoms. The van der Waals surface area contributed by atoms with Crippen molar-refractivity contribution in [2.75, 3.05) is 18.1 Å².